The lowest BCUT2D eigenvalue weighted by Crippen LogP contribution is -2.44. The summed E-state index contributed by atoms with van der Waals surface area (Å²) in [5.41, 5.74) is 0.280. The summed E-state index contributed by atoms with van der Waals surface area (Å²) < 4.78 is 0. The van der Waals surface area contributed by atoms with Crippen LogP contribution < -0.4 is 5.32 Å². The van der Waals surface area contributed by atoms with Gasteiger partial charge in [-0.05, 0) is 18.9 Å². The van der Waals surface area contributed by atoms with Crippen molar-refractivity contribution in [2.45, 2.75) is 32.7 Å². The van der Waals surface area contributed by atoms with Crippen LogP contribution >= 0.6 is 0 Å². The van der Waals surface area contributed by atoms with Crippen molar-refractivity contribution >= 4 is 23.2 Å². The number of nitrogens with one attached hydrogen (secondary N) is 1. The molecule has 0 bridgehead atoms. The van der Waals surface area contributed by atoms with E-state index in [9.17, 15) is 19.7 Å². The van der Waals surface area contributed by atoms with Crippen LogP contribution in [-0.4, -0.2) is 34.2 Å². The number of anilines is 1. The SMILES string of the molecule is CC(C)C(=O)N1CCC[C@H]1C(=O)Nc1cccc([N+](=O)[O-])c1. The van der Waals surface area contributed by atoms with E-state index in [4.69, 9.17) is 0 Å². The highest BCUT2D eigenvalue weighted by molar-refractivity contribution is 5.97. The third-order valence-corrected chi connectivity index (χ3v) is 3.66. The zero-order valence-corrected chi connectivity index (χ0v) is 12.6. The topological polar surface area (TPSA) is 92.6 Å². The minimum Gasteiger partial charge on any atom is -0.330 e. The normalized spacial score (nSPS) is 17.6. The van der Waals surface area contributed by atoms with Crippen LogP contribution in [0.25, 0.3) is 0 Å². The molecule has 1 saturated heterocycles. The fraction of sp³-hybridized carbons (Fsp3) is 0.467. The molecule has 0 spiro atoms. The summed E-state index contributed by atoms with van der Waals surface area (Å²) in [6.07, 6.45) is 1.39. The van der Waals surface area contributed by atoms with Gasteiger partial charge in [-0.3, -0.25) is 19.7 Å². The van der Waals surface area contributed by atoms with E-state index in [-0.39, 0.29) is 23.4 Å². The van der Waals surface area contributed by atoms with Crippen molar-refractivity contribution in [1.82, 2.24) is 4.90 Å². The summed E-state index contributed by atoms with van der Waals surface area (Å²) in [6.45, 7) is 4.18. The minimum absolute atomic E-state index is 0.0447. The third-order valence-electron chi connectivity index (χ3n) is 3.66. The zero-order valence-electron chi connectivity index (χ0n) is 12.6. The van der Waals surface area contributed by atoms with Gasteiger partial charge in [0.15, 0.2) is 0 Å². The average molecular weight is 305 g/mol. The maximum absolute atomic E-state index is 12.4. The highest BCUT2D eigenvalue weighted by Crippen LogP contribution is 2.22. The number of carbonyl (C=O) groups excluding carboxylic acids is 2. The summed E-state index contributed by atoms with van der Waals surface area (Å²) in [4.78, 5) is 36.3. The Morgan fingerprint density at radius 3 is 2.77 bits per heavy atom. The summed E-state index contributed by atoms with van der Waals surface area (Å²) in [5, 5.41) is 13.4. The fourth-order valence-corrected chi connectivity index (χ4v) is 2.56. The molecule has 1 atom stereocenters. The Bertz CT molecular complexity index is 600. The highest BCUT2D eigenvalue weighted by atomic mass is 16.6. The van der Waals surface area contributed by atoms with Gasteiger partial charge in [0.05, 0.1) is 4.92 Å². The Morgan fingerprint density at radius 1 is 1.41 bits per heavy atom. The van der Waals surface area contributed by atoms with Crippen LogP contribution in [0.5, 0.6) is 0 Å². The molecule has 0 aromatic heterocycles. The molecule has 1 aliphatic heterocycles. The van der Waals surface area contributed by atoms with Crippen molar-refractivity contribution in [2.75, 3.05) is 11.9 Å². The summed E-state index contributed by atoms with van der Waals surface area (Å²) >= 11 is 0. The quantitative estimate of drug-likeness (QED) is 0.681. The summed E-state index contributed by atoms with van der Waals surface area (Å²) in [6, 6.07) is 5.27. The second kappa shape index (κ2) is 6.55. The molecule has 0 saturated carbocycles. The lowest BCUT2D eigenvalue weighted by atomic mass is 10.1. The summed E-state index contributed by atoms with van der Waals surface area (Å²) in [5.74, 6) is -0.505. The van der Waals surface area contributed by atoms with Crippen LogP contribution in [0.1, 0.15) is 26.7 Å². The van der Waals surface area contributed by atoms with Crippen LogP contribution in [0.4, 0.5) is 11.4 Å². The molecule has 0 radical (unpaired) electrons. The number of hydrogen-bond donors (Lipinski definition) is 1. The van der Waals surface area contributed by atoms with E-state index >= 15 is 0 Å². The summed E-state index contributed by atoms with van der Waals surface area (Å²) in [7, 11) is 0. The van der Waals surface area contributed by atoms with Crippen LogP contribution in [0.2, 0.25) is 0 Å². The van der Waals surface area contributed by atoms with Gasteiger partial charge in [0.2, 0.25) is 11.8 Å². The molecule has 1 fully saturated rings. The van der Waals surface area contributed by atoms with Gasteiger partial charge in [-0.2, -0.15) is 0 Å². The second-order valence-corrected chi connectivity index (χ2v) is 5.64. The molecule has 2 amide bonds. The lowest BCUT2D eigenvalue weighted by molar-refractivity contribution is -0.384. The monoisotopic (exact) mass is 305 g/mol. The fourth-order valence-electron chi connectivity index (χ4n) is 2.56. The van der Waals surface area contributed by atoms with Gasteiger partial charge in [-0.1, -0.05) is 19.9 Å². The standard InChI is InChI=1S/C15H19N3O4/c1-10(2)15(20)17-8-4-7-13(17)14(19)16-11-5-3-6-12(9-11)18(21)22/h3,5-6,9-10,13H,4,7-8H2,1-2H3,(H,16,19)/t13-/m0/s1. The first-order chi connectivity index (χ1) is 10.4. The number of non-ortho nitro benzene ring substituents is 1. The predicted molar refractivity (Wildman–Crippen MR) is 81.3 cm³/mol. The minimum atomic E-state index is -0.514. The molecular weight excluding hydrogens is 286 g/mol. The molecule has 1 aromatic rings. The smallest absolute Gasteiger partial charge is 0.271 e. The van der Waals surface area contributed by atoms with Crippen molar-refractivity contribution in [3.63, 3.8) is 0 Å². The molecule has 22 heavy (non-hydrogen) atoms. The first-order valence-electron chi connectivity index (χ1n) is 7.26. The Hall–Kier alpha value is -2.44. The number of likely N-dealkylation sites (tertiary alicyclic amines) is 1. The number of nitro benzene ring substituents is 1. The van der Waals surface area contributed by atoms with Crippen LogP contribution in [-0.2, 0) is 9.59 Å². The number of rotatable bonds is 4. The molecule has 7 nitrogen and oxygen atoms in total. The maximum atomic E-state index is 12.4. The number of nitro groups is 1. The first-order valence-corrected chi connectivity index (χ1v) is 7.26. The van der Waals surface area contributed by atoms with Crippen LogP contribution in [0, 0.1) is 16.0 Å². The molecule has 0 aliphatic carbocycles. The molecule has 1 heterocycles. The Kier molecular flexibility index (Phi) is 4.75. The Labute approximate surface area is 128 Å². The molecule has 118 valence electrons. The Balaban J connectivity index is 2.10. The highest BCUT2D eigenvalue weighted by Gasteiger charge is 2.34. The van der Waals surface area contributed by atoms with Crippen LogP contribution in [0.15, 0.2) is 24.3 Å². The third kappa shape index (κ3) is 3.41. The number of amides is 2. The van der Waals surface area contributed by atoms with E-state index in [1.54, 1.807) is 24.8 Å². The van der Waals surface area contributed by atoms with Crippen molar-refractivity contribution in [2.24, 2.45) is 5.92 Å². The van der Waals surface area contributed by atoms with Gasteiger partial charge in [0.1, 0.15) is 6.04 Å². The number of carbonyl (C=O) groups is 2. The molecule has 1 aromatic carbocycles. The predicted octanol–water partition coefficient (Wildman–Crippen LogP) is 2.18. The molecule has 7 heteroatoms. The number of nitrogens with zero attached hydrogens (tertiary/aromatic N) is 2. The second-order valence-electron chi connectivity index (χ2n) is 5.64. The van der Waals surface area contributed by atoms with Gasteiger partial charge in [0, 0.05) is 30.3 Å². The van der Waals surface area contributed by atoms with Crippen molar-refractivity contribution < 1.29 is 14.5 Å². The van der Waals surface area contributed by atoms with Crippen molar-refractivity contribution in [1.29, 1.82) is 0 Å². The van der Waals surface area contributed by atoms with E-state index in [1.165, 1.54) is 18.2 Å². The molecule has 1 N–H and O–H groups in total. The van der Waals surface area contributed by atoms with E-state index in [2.05, 4.69) is 5.32 Å². The van der Waals surface area contributed by atoms with E-state index in [0.29, 0.717) is 18.7 Å². The Morgan fingerprint density at radius 2 is 2.14 bits per heavy atom. The number of benzene rings is 1. The first kappa shape index (κ1) is 15.9. The zero-order chi connectivity index (χ0) is 16.3. The average Bonchev–Trinajstić information content (AvgIpc) is 2.95. The van der Waals surface area contributed by atoms with Gasteiger partial charge < -0.3 is 10.2 Å². The molecule has 2 rings (SSSR count). The van der Waals surface area contributed by atoms with Gasteiger partial charge in [-0.25, -0.2) is 0 Å². The van der Waals surface area contributed by atoms with Crippen LogP contribution in [0.3, 0.4) is 0 Å². The molecule has 1 aliphatic rings. The number of hydrogen-bond acceptors (Lipinski definition) is 4. The van der Waals surface area contributed by atoms with E-state index in [0.717, 1.165) is 6.42 Å². The van der Waals surface area contributed by atoms with E-state index in [1.807, 2.05) is 0 Å². The largest absolute Gasteiger partial charge is 0.330 e. The van der Waals surface area contributed by atoms with E-state index < -0.39 is 11.0 Å². The van der Waals surface area contributed by atoms with Crippen molar-refractivity contribution in [3.8, 4) is 0 Å². The van der Waals surface area contributed by atoms with Gasteiger partial charge >= 0.3 is 0 Å². The lowest BCUT2D eigenvalue weighted by Gasteiger charge is -2.25. The molecular formula is C15H19N3O4. The van der Waals surface area contributed by atoms with Gasteiger partial charge in [-0.15, -0.1) is 0 Å². The maximum Gasteiger partial charge on any atom is 0.271 e. The van der Waals surface area contributed by atoms with Crippen molar-refractivity contribution in [3.05, 3.63) is 34.4 Å². The molecule has 0 unspecified atom stereocenters. The van der Waals surface area contributed by atoms with Gasteiger partial charge in [0.25, 0.3) is 5.69 Å².